The summed E-state index contributed by atoms with van der Waals surface area (Å²) in [6.45, 7) is 0. The van der Waals surface area contributed by atoms with E-state index in [0.717, 1.165) is 12.8 Å². The van der Waals surface area contributed by atoms with Crippen molar-refractivity contribution in [3.05, 3.63) is 52.5 Å². The molecule has 1 amide bonds. The molecule has 6 nitrogen and oxygen atoms in total. The fraction of sp³-hybridized carbons (Fsp3) is 0.235. The maximum atomic E-state index is 12.5. The van der Waals surface area contributed by atoms with Crippen LogP contribution in [0.1, 0.15) is 23.2 Å². The summed E-state index contributed by atoms with van der Waals surface area (Å²) in [6.07, 6.45) is 1.72. The molecular formula is C17H17BrN2O4S. The average Bonchev–Trinajstić information content (AvgIpc) is 3.39. The number of hydrogen-bond acceptors (Lipinski definition) is 4. The molecule has 0 heterocycles. The fourth-order valence-corrected chi connectivity index (χ4v) is 4.01. The number of carbonyl (C=O) groups excluding carboxylic acids is 1. The third-order valence-electron chi connectivity index (χ3n) is 3.72. The van der Waals surface area contributed by atoms with Crippen molar-refractivity contribution < 1.29 is 17.9 Å². The number of halogens is 1. The molecule has 0 unspecified atom stereocenters. The van der Waals surface area contributed by atoms with Gasteiger partial charge in [-0.2, -0.15) is 0 Å². The van der Waals surface area contributed by atoms with Gasteiger partial charge in [0.15, 0.2) is 0 Å². The van der Waals surface area contributed by atoms with Gasteiger partial charge in [-0.05, 0) is 65.2 Å². The van der Waals surface area contributed by atoms with Gasteiger partial charge in [-0.25, -0.2) is 13.1 Å². The van der Waals surface area contributed by atoms with Gasteiger partial charge in [0.25, 0.3) is 5.91 Å². The maximum Gasteiger partial charge on any atom is 0.256 e. The molecule has 0 aliphatic heterocycles. The fourth-order valence-electron chi connectivity index (χ4n) is 2.23. The van der Waals surface area contributed by atoms with Crippen LogP contribution in [-0.4, -0.2) is 27.5 Å². The number of rotatable bonds is 6. The lowest BCUT2D eigenvalue weighted by Crippen LogP contribution is -2.25. The van der Waals surface area contributed by atoms with Gasteiger partial charge in [0.2, 0.25) is 10.0 Å². The molecule has 1 saturated carbocycles. The lowest BCUT2D eigenvalue weighted by molar-refractivity contribution is 0.102. The van der Waals surface area contributed by atoms with Crippen LogP contribution in [0, 0.1) is 0 Å². The monoisotopic (exact) mass is 424 g/mol. The number of carbonyl (C=O) groups is 1. The second-order valence-corrected chi connectivity index (χ2v) is 8.29. The van der Waals surface area contributed by atoms with Crippen LogP contribution in [0.15, 0.2) is 51.8 Å². The minimum absolute atomic E-state index is 0.0241. The van der Waals surface area contributed by atoms with E-state index >= 15 is 0 Å². The molecule has 2 aromatic carbocycles. The predicted octanol–water partition coefficient (Wildman–Crippen LogP) is 3.15. The van der Waals surface area contributed by atoms with Crippen LogP contribution in [0.4, 0.5) is 5.69 Å². The topological polar surface area (TPSA) is 84.5 Å². The number of ether oxygens (including phenoxy) is 1. The minimum atomic E-state index is -3.57. The zero-order chi connectivity index (χ0) is 18.0. The number of amides is 1. The summed E-state index contributed by atoms with van der Waals surface area (Å²) in [5.74, 6) is 0.189. The van der Waals surface area contributed by atoms with E-state index in [4.69, 9.17) is 4.74 Å². The van der Waals surface area contributed by atoms with Crippen LogP contribution in [0.2, 0.25) is 0 Å². The Morgan fingerprint density at radius 3 is 2.64 bits per heavy atom. The van der Waals surface area contributed by atoms with Gasteiger partial charge >= 0.3 is 0 Å². The highest BCUT2D eigenvalue weighted by Crippen LogP contribution is 2.25. The summed E-state index contributed by atoms with van der Waals surface area (Å²) < 4.78 is 32.9. The third-order valence-corrected chi connectivity index (χ3v) is 5.93. The zero-order valence-electron chi connectivity index (χ0n) is 13.5. The molecule has 0 aromatic heterocycles. The van der Waals surface area contributed by atoms with Crippen LogP contribution >= 0.6 is 15.9 Å². The third kappa shape index (κ3) is 4.39. The molecule has 132 valence electrons. The van der Waals surface area contributed by atoms with Gasteiger partial charge in [-0.1, -0.05) is 6.07 Å². The van der Waals surface area contributed by atoms with Gasteiger partial charge in [-0.3, -0.25) is 4.79 Å². The van der Waals surface area contributed by atoms with Crippen molar-refractivity contribution in [2.45, 2.75) is 23.8 Å². The quantitative estimate of drug-likeness (QED) is 0.745. The van der Waals surface area contributed by atoms with Gasteiger partial charge in [0.05, 0.1) is 17.6 Å². The lowest BCUT2D eigenvalue weighted by atomic mass is 10.2. The Labute approximate surface area is 154 Å². The van der Waals surface area contributed by atoms with Crippen molar-refractivity contribution >= 4 is 37.5 Å². The molecule has 0 saturated heterocycles. The second-order valence-electron chi connectivity index (χ2n) is 5.72. The molecular weight excluding hydrogens is 408 g/mol. The first kappa shape index (κ1) is 17.9. The normalized spacial score (nSPS) is 14.2. The van der Waals surface area contributed by atoms with E-state index in [9.17, 15) is 13.2 Å². The van der Waals surface area contributed by atoms with Crippen LogP contribution in [0.5, 0.6) is 5.75 Å². The number of sulfonamides is 1. The van der Waals surface area contributed by atoms with Gasteiger partial charge in [0, 0.05) is 16.2 Å². The summed E-state index contributed by atoms with van der Waals surface area (Å²) in [7, 11) is -2.05. The SMILES string of the molecule is COc1ccc(Br)c(C(=O)Nc2cccc(S(=O)(=O)NC3CC3)c2)c1. The summed E-state index contributed by atoms with van der Waals surface area (Å²) >= 11 is 3.33. The summed E-state index contributed by atoms with van der Waals surface area (Å²) in [6, 6.07) is 11.3. The molecule has 1 aliphatic rings. The van der Waals surface area contributed by atoms with E-state index in [1.165, 1.54) is 19.2 Å². The van der Waals surface area contributed by atoms with Crippen LogP contribution in [-0.2, 0) is 10.0 Å². The van der Waals surface area contributed by atoms with Crippen LogP contribution in [0.3, 0.4) is 0 Å². The number of anilines is 1. The Balaban J connectivity index is 1.81. The maximum absolute atomic E-state index is 12.5. The number of methoxy groups -OCH3 is 1. The molecule has 1 aliphatic carbocycles. The first-order valence-corrected chi connectivity index (χ1v) is 9.94. The van der Waals surface area contributed by atoms with E-state index in [1.807, 2.05) is 0 Å². The number of nitrogens with one attached hydrogen (secondary N) is 2. The van der Waals surface area contributed by atoms with Crippen molar-refractivity contribution in [3.63, 3.8) is 0 Å². The number of benzene rings is 2. The molecule has 0 spiro atoms. The Bertz CT molecular complexity index is 911. The first-order chi connectivity index (χ1) is 11.9. The molecule has 25 heavy (non-hydrogen) atoms. The molecule has 2 aromatic rings. The molecule has 8 heteroatoms. The van der Waals surface area contributed by atoms with Crippen molar-refractivity contribution in [1.29, 1.82) is 0 Å². The Hall–Kier alpha value is -1.90. The molecule has 0 atom stereocenters. The zero-order valence-corrected chi connectivity index (χ0v) is 15.9. The minimum Gasteiger partial charge on any atom is -0.497 e. The van der Waals surface area contributed by atoms with Crippen molar-refractivity contribution in [2.75, 3.05) is 12.4 Å². The van der Waals surface area contributed by atoms with Crippen molar-refractivity contribution in [1.82, 2.24) is 4.72 Å². The van der Waals surface area contributed by atoms with Crippen molar-refractivity contribution in [2.24, 2.45) is 0 Å². The highest BCUT2D eigenvalue weighted by Gasteiger charge is 2.28. The second kappa shape index (κ2) is 7.15. The van der Waals surface area contributed by atoms with E-state index in [-0.39, 0.29) is 16.8 Å². The lowest BCUT2D eigenvalue weighted by Gasteiger charge is -2.10. The molecule has 0 bridgehead atoms. The van der Waals surface area contributed by atoms with Crippen LogP contribution in [0.25, 0.3) is 0 Å². The molecule has 3 rings (SSSR count). The van der Waals surface area contributed by atoms with E-state index in [1.54, 1.807) is 30.3 Å². The van der Waals surface area contributed by atoms with Gasteiger partial charge in [0.1, 0.15) is 5.75 Å². The summed E-state index contributed by atoms with van der Waals surface area (Å²) in [4.78, 5) is 12.6. The number of hydrogen-bond donors (Lipinski definition) is 2. The predicted molar refractivity (Wildman–Crippen MR) is 98.4 cm³/mol. The molecule has 0 radical (unpaired) electrons. The Morgan fingerprint density at radius 2 is 1.96 bits per heavy atom. The highest BCUT2D eigenvalue weighted by atomic mass is 79.9. The van der Waals surface area contributed by atoms with Crippen molar-refractivity contribution in [3.8, 4) is 5.75 Å². The Morgan fingerprint density at radius 1 is 1.20 bits per heavy atom. The first-order valence-electron chi connectivity index (χ1n) is 7.66. The standard InChI is InChI=1S/C17H17BrN2O4S/c1-24-13-7-8-16(18)15(10-13)17(21)19-12-3-2-4-14(9-12)25(22,23)20-11-5-6-11/h2-4,7-11,20H,5-6H2,1H3,(H,19,21). The largest absolute Gasteiger partial charge is 0.497 e. The molecule has 1 fully saturated rings. The average molecular weight is 425 g/mol. The summed E-state index contributed by atoms with van der Waals surface area (Å²) in [5, 5.41) is 2.72. The molecule has 2 N–H and O–H groups in total. The van der Waals surface area contributed by atoms with E-state index < -0.39 is 10.0 Å². The van der Waals surface area contributed by atoms with E-state index in [0.29, 0.717) is 21.5 Å². The van der Waals surface area contributed by atoms with Gasteiger partial charge < -0.3 is 10.1 Å². The van der Waals surface area contributed by atoms with Crippen LogP contribution < -0.4 is 14.8 Å². The highest BCUT2D eigenvalue weighted by molar-refractivity contribution is 9.10. The van der Waals surface area contributed by atoms with Gasteiger partial charge in [-0.15, -0.1) is 0 Å². The van der Waals surface area contributed by atoms with E-state index in [2.05, 4.69) is 26.0 Å². The smallest absolute Gasteiger partial charge is 0.256 e. The summed E-state index contributed by atoms with van der Waals surface area (Å²) in [5.41, 5.74) is 0.794. The Kier molecular flexibility index (Phi) is 5.12.